The molecule has 0 aliphatic heterocycles. The van der Waals surface area contributed by atoms with E-state index in [0.29, 0.717) is 0 Å². The second-order valence-electron chi connectivity index (χ2n) is 5.12. The molecule has 1 aromatic heterocycles. The molecule has 20 heavy (non-hydrogen) atoms. The fourth-order valence-corrected chi connectivity index (χ4v) is 1.76. The summed E-state index contributed by atoms with van der Waals surface area (Å²) in [6.07, 6.45) is 0.908. The number of amides is 2. The first kappa shape index (κ1) is 16.2. The zero-order chi connectivity index (χ0) is 15.2. The number of rotatable bonds is 4. The summed E-state index contributed by atoms with van der Waals surface area (Å²) >= 11 is 1.51. The smallest absolute Gasteiger partial charge is 0.408 e. The van der Waals surface area contributed by atoms with E-state index < -0.39 is 23.6 Å². The number of nitrogens with zero attached hydrogens (tertiary/aromatic N) is 1. The first-order valence-electron chi connectivity index (χ1n) is 6.14. The molecule has 2 N–H and O–H groups in total. The van der Waals surface area contributed by atoms with Crippen LogP contribution in [0.2, 0.25) is 0 Å². The SMILES string of the molecule is CC(NC(=O)OC(C)(C)C)C(=O)N/N=C/c1cccs1. The van der Waals surface area contributed by atoms with Gasteiger partial charge in [0.05, 0.1) is 6.21 Å². The number of carbonyl (C=O) groups is 2. The van der Waals surface area contributed by atoms with Crippen molar-refractivity contribution >= 4 is 29.6 Å². The molecule has 7 heteroatoms. The number of nitrogens with one attached hydrogen (secondary N) is 2. The molecular formula is C13H19N3O3S. The van der Waals surface area contributed by atoms with Crippen molar-refractivity contribution in [2.45, 2.75) is 39.3 Å². The fourth-order valence-electron chi connectivity index (χ4n) is 1.17. The molecule has 0 saturated heterocycles. The predicted molar refractivity (Wildman–Crippen MR) is 78.9 cm³/mol. The van der Waals surface area contributed by atoms with E-state index in [1.165, 1.54) is 11.3 Å². The van der Waals surface area contributed by atoms with E-state index in [4.69, 9.17) is 4.74 Å². The standard InChI is InChI=1S/C13H19N3O3S/c1-9(15-12(18)19-13(2,3)4)11(17)16-14-8-10-6-5-7-20-10/h5-9H,1-4H3,(H,15,18)(H,16,17)/b14-8+. The maximum Gasteiger partial charge on any atom is 0.408 e. The van der Waals surface area contributed by atoms with Gasteiger partial charge in [0, 0.05) is 4.88 Å². The molecule has 2 amide bonds. The molecule has 1 heterocycles. The summed E-state index contributed by atoms with van der Waals surface area (Å²) in [5, 5.41) is 8.16. The average Bonchev–Trinajstić information content (AvgIpc) is 2.78. The first-order chi connectivity index (χ1) is 9.28. The average molecular weight is 297 g/mol. The normalized spacial score (nSPS) is 13.0. The molecule has 0 saturated carbocycles. The van der Waals surface area contributed by atoms with E-state index in [1.807, 2.05) is 17.5 Å². The number of hydrogen-bond acceptors (Lipinski definition) is 5. The lowest BCUT2D eigenvalue weighted by atomic mass is 10.2. The van der Waals surface area contributed by atoms with Gasteiger partial charge >= 0.3 is 6.09 Å². The second kappa shape index (κ2) is 7.04. The van der Waals surface area contributed by atoms with Crippen LogP contribution >= 0.6 is 11.3 Å². The Hall–Kier alpha value is -1.89. The summed E-state index contributed by atoms with van der Waals surface area (Å²) in [4.78, 5) is 24.1. The third kappa shape index (κ3) is 6.33. The van der Waals surface area contributed by atoms with Gasteiger partial charge in [-0.1, -0.05) is 6.07 Å². The predicted octanol–water partition coefficient (Wildman–Crippen LogP) is 2.11. The highest BCUT2D eigenvalue weighted by Crippen LogP contribution is 2.06. The van der Waals surface area contributed by atoms with Crippen LogP contribution in [0.3, 0.4) is 0 Å². The van der Waals surface area contributed by atoms with Gasteiger partial charge in [0.15, 0.2) is 0 Å². The Balaban J connectivity index is 2.37. The summed E-state index contributed by atoms with van der Waals surface area (Å²) in [6.45, 7) is 6.81. The highest BCUT2D eigenvalue weighted by molar-refractivity contribution is 7.11. The molecule has 0 aliphatic carbocycles. The number of alkyl carbamates (subject to hydrolysis) is 1. The van der Waals surface area contributed by atoms with E-state index >= 15 is 0 Å². The van der Waals surface area contributed by atoms with Gasteiger partial charge in [0.25, 0.3) is 5.91 Å². The molecule has 0 bridgehead atoms. The summed E-state index contributed by atoms with van der Waals surface area (Å²) in [5.41, 5.74) is 1.76. The van der Waals surface area contributed by atoms with Crippen molar-refractivity contribution in [3.8, 4) is 0 Å². The minimum Gasteiger partial charge on any atom is -0.444 e. The van der Waals surface area contributed by atoms with Crippen molar-refractivity contribution in [2.24, 2.45) is 5.10 Å². The number of ether oxygens (including phenoxy) is 1. The van der Waals surface area contributed by atoms with Crippen molar-refractivity contribution in [3.05, 3.63) is 22.4 Å². The van der Waals surface area contributed by atoms with Crippen LogP contribution in [0.25, 0.3) is 0 Å². The Morgan fingerprint density at radius 2 is 2.15 bits per heavy atom. The lowest BCUT2D eigenvalue weighted by Crippen LogP contribution is -2.45. The molecule has 1 rings (SSSR count). The number of carbonyl (C=O) groups excluding carboxylic acids is 2. The van der Waals surface area contributed by atoms with Crippen LogP contribution in [0.4, 0.5) is 4.79 Å². The summed E-state index contributed by atoms with van der Waals surface area (Å²) < 4.78 is 5.06. The van der Waals surface area contributed by atoms with Gasteiger partial charge in [0.1, 0.15) is 11.6 Å². The van der Waals surface area contributed by atoms with Crippen molar-refractivity contribution in [1.29, 1.82) is 0 Å². The van der Waals surface area contributed by atoms with Crippen LogP contribution in [0.1, 0.15) is 32.6 Å². The van der Waals surface area contributed by atoms with E-state index in [9.17, 15) is 9.59 Å². The number of thiophene rings is 1. The first-order valence-corrected chi connectivity index (χ1v) is 7.02. The van der Waals surface area contributed by atoms with Gasteiger partial charge in [-0.3, -0.25) is 4.79 Å². The minimum atomic E-state index is -0.731. The van der Waals surface area contributed by atoms with Crippen molar-refractivity contribution < 1.29 is 14.3 Å². The second-order valence-corrected chi connectivity index (χ2v) is 6.10. The Morgan fingerprint density at radius 3 is 2.70 bits per heavy atom. The third-order valence-electron chi connectivity index (χ3n) is 2.04. The van der Waals surface area contributed by atoms with Crippen LogP contribution in [-0.4, -0.2) is 29.9 Å². The van der Waals surface area contributed by atoms with Crippen LogP contribution in [-0.2, 0) is 9.53 Å². The minimum absolute atomic E-state index is 0.413. The summed E-state index contributed by atoms with van der Waals surface area (Å²) in [7, 11) is 0. The molecule has 0 aliphatic rings. The number of hydrazone groups is 1. The monoisotopic (exact) mass is 297 g/mol. The van der Waals surface area contributed by atoms with Gasteiger partial charge in [-0.15, -0.1) is 11.3 Å². The van der Waals surface area contributed by atoms with Gasteiger partial charge < -0.3 is 10.1 Å². The zero-order valence-electron chi connectivity index (χ0n) is 12.0. The Morgan fingerprint density at radius 1 is 1.45 bits per heavy atom. The molecule has 1 unspecified atom stereocenters. The van der Waals surface area contributed by atoms with Crippen LogP contribution in [0, 0.1) is 0 Å². The Bertz CT molecular complexity index is 478. The highest BCUT2D eigenvalue weighted by atomic mass is 32.1. The van der Waals surface area contributed by atoms with E-state index in [0.717, 1.165) is 4.88 Å². The lowest BCUT2D eigenvalue weighted by Gasteiger charge is -2.21. The maximum atomic E-state index is 11.7. The molecule has 0 aromatic carbocycles. The topological polar surface area (TPSA) is 79.8 Å². The largest absolute Gasteiger partial charge is 0.444 e. The molecule has 0 radical (unpaired) electrons. The van der Waals surface area contributed by atoms with Gasteiger partial charge in [-0.05, 0) is 39.1 Å². The van der Waals surface area contributed by atoms with Crippen molar-refractivity contribution in [2.75, 3.05) is 0 Å². The van der Waals surface area contributed by atoms with Gasteiger partial charge in [0.2, 0.25) is 0 Å². The fraction of sp³-hybridized carbons (Fsp3) is 0.462. The molecule has 6 nitrogen and oxygen atoms in total. The van der Waals surface area contributed by atoms with E-state index in [-0.39, 0.29) is 0 Å². The van der Waals surface area contributed by atoms with Crippen LogP contribution in [0.5, 0.6) is 0 Å². The van der Waals surface area contributed by atoms with E-state index in [2.05, 4.69) is 15.8 Å². The Labute approximate surface area is 122 Å². The van der Waals surface area contributed by atoms with E-state index in [1.54, 1.807) is 33.9 Å². The van der Waals surface area contributed by atoms with Crippen molar-refractivity contribution in [3.63, 3.8) is 0 Å². The van der Waals surface area contributed by atoms with Crippen molar-refractivity contribution in [1.82, 2.24) is 10.7 Å². The molecule has 0 spiro atoms. The third-order valence-corrected chi connectivity index (χ3v) is 2.84. The molecule has 1 atom stereocenters. The summed E-state index contributed by atoms with van der Waals surface area (Å²) in [5.74, 6) is -0.413. The summed E-state index contributed by atoms with van der Waals surface area (Å²) in [6, 6.07) is 3.04. The van der Waals surface area contributed by atoms with Crippen LogP contribution < -0.4 is 10.7 Å². The lowest BCUT2D eigenvalue weighted by molar-refractivity contribution is -0.122. The number of hydrogen-bond donors (Lipinski definition) is 2. The molecule has 0 fully saturated rings. The quantitative estimate of drug-likeness (QED) is 0.660. The molecular weight excluding hydrogens is 278 g/mol. The van der Waals surface area contributed by atoms with Gasteiger partial charge in [-0.25, -0.2) is 10.2 Å². The Kier molecular flexibility index (Phi) is 5.69. The van der Waals surface area contributed by atoms with Crippen LogP contribution in [0.15, 0.2) is 22.6 Å². The maximum absolute atomic E-state index is 11.7. The molecule has 1 aromatic rings. The zero-order valence-corrected chi connectivity index (χ0v) is 12.8. The van der Waals surface area contributed by atoms with Gasteiger partial charge in [-0.2, -0.15) is 5.10 Å². The highest BCUT2D eigenvalue weighted by Gasteiger charge is 2.20. The molecule has 110 valence electrons.